The van der Waals surface area contributed by atoms with Crippen LogP contribution < -0.4 is 14.8 Å². The lowest BCUT2D eigenvalue weighted by Gasteiger charge is -2.29. The zero-order chi connectivity index (χ0) is 26.0. The van der Waals surface area contributed by atoms with Crippen LogP contribution in [0, 0.1) is 23.7 Å². The largest absolute Gasteiger partial charge is 0.457 e. The van der Waals surface area contributed by atoms with Crippen molar-refractivity contribution in [3.8, 4) is 11.5 Å². The lowest BCUT2D eigenvalue weighted by Crippen LogP contribution is -2.35. The van der Waals surface area contributed by atoms with E-state index >= 15 is 0 Å². The number of likely N-dealkylation sites (tertiary alicyclic amines) is 1. The van der Waals surface area contributed by atoms with E-state index in [-0.39, 0.29) is 11.8 Å². The summed E-state index contributed by atoms with van der Waals surface area (Å²) in [6.07, 6.45) is 8.97. The summed E-state index contributed by atoms with van der Waals surface area (Å²) >= 11 is 0. The fourth-order valence-corrected chi connectivity index (χ4v) is 7.52. The Morgan fingerprint density at radius 3 is 2.05 bits per heavy atom. The van der Waals surface area contributed by atoms with Crippen LogP contribution in [0.2, 0.25) is 0 Å². The monoisotopic (exact) mass is 525 g/mol. The minimum Gasteiger partial charge on any atom is -0.457 e. The van der Waals surface area contributed by atoms with Crippen molar-refractivity contribution in [3.05, 3.63) is 54.1 Å². The molecule has 2 aromatic rings. The van der Waals surface area contributed by atoms with Gasteiger partial charge in [-0.1, -0.05) is 31.4 Å². The Hall–Kier alpha value is -2.58. The Kier molecular flexibility index (Phi) is 7.77. The molecule has 37 heavy (non-hydrogen) atoms. The number of primary amides is 1. The van der Waals surface area contributed by atoms with Gasteiger partial charge < -0.3 is 10.5 Å². The lowest BCUT2D eigenvalue weighted by molar-refractivity contribution is -0.121. The van der Waals surface area contributed by atoms with Crippen molar-refractivity contribution in [2.75, 3.05) is 30.2 Å². The summed E-state index contributed by atoms with van der Waals surface area (Å²) in [6.45, 7) is 3.50. The number of hydrogen-bond acceptors (Lipinski definition) is 5. The number of ether oxygens (including phenoxy) is 1. The Morgan fingerprint density at radius 1 is 0.946 bits per heavy atom. The number of nitrogens with zero attached hydrogens (tertiary/aromatic N) is 2. The predicted molar refractivity (Wildman–Crippen MR) is 146 cm³/mol. The molecule has 1 saturated heterocycles. The maximum Gasteiger partial charge on any atom is 0.232 e. The quantitative estimate of drug-likeness (QED) is 0.509. The number of fused-ring (bicyclic) bond motifs is 1. The number of carbonyl (C=O) groups excluding carboxylic acids is 1. The molecule has 3 aliphatic rings. The van der Waals surface area contributed by atoms with Crippen LogP contribution in [0.5, 0.6) is 11.5 Å². The second-order valence-electron chi connectivity index (χ2n) is 11.3. The van der Waals surface area contributed by atoms with E-state index in [1.54, 1.807) is 4.31 Å². The van der Waals surface area contributed by atoms with E-state index in [1.165, 1.54) is 31.1 Å². The van der Waals surface area contributed by atoms with Gasteiger partial charge in [0.15, 0.2) is 0 Å². The van der Waals surface area contributed by atoms with Gasteiger partial charge in [-0.3, -0.25) is 14.0 Å². The third-order valence-electron chi connectivity index (χ3n) is 8.47. The standard InChI is InChI=1S/C29H39N3O4S/c1-37(34,35)32(18-21-5-3-2-4-6-21)26-9-13-28(14-10-26)36-27-11-7-22(8-12-27)17-31-19-24-15-23(29(30)33)16-25(24)20-31/h7-14,21,23-25H,2-6,15-20H2,1H3,(H2,30,33)/t24-,25-/m1/s1. The summed E-state index contributed by atoms with van der Waals surface area (Å²) in [7, 11) is -3.35. The molecule has 2 atom stereocenters. The van der Waals surface area contributed by atoms with E-state index in [9.17, 15) is 13.2 Å². The first-order chi connectivity index (χ1) is 17.7. The van der Waals surface area contributed by atoms with Gasteiger partial charge in [0.25, 0.3) is 0 Å². The van der Waals surface area contributed by atoms with Gasteiger partial charge in [0.05, 0.1) is 11.9 Å². The fourth-order valence-electron chi connectivity index (χ4n) is 6.53. The molecule has 7 nitrogen and oxygen atoms in total. The average molecular weight is 526 g/mol. The maximum absolute atomic E-state index is 12.5. The van der Waals surface area contributed by atoms with Gasteiger partial charge >= 0.3 is 0 Å². The van der Waals surface area contributed by atoms with Crippen LogP contribution in [0.25, 0.3) is 0 Å². The molecule has 0 radical (unpaired) electrons. The van der Waals surface area contributed by atoms with Crippen molar-refractivity contribution in [1.82, 2.24) is 4.90 Å². The molecule has 1 aliphatic heterocycles. The number of hydrogen-bond donors (Lipinski definition) is 1. The van der Waals surface area contributed by atoms with Gasteiger partial charge in [-0.05, 0) is 85.4 Å². The van der Waals surface area contributed by atoms with Crippen LogP contribution in [0.4, 0.5) is 5.69 Å². The third kappa shape index (κ3) is 6.47. The van der Waals surface area contributed by atoms with E-state index < -0.39 is 10.0 Å². The Bertz CT molecular complexity index is 1160. The molecule has 5 rings (SSSR count). The van der Waals surface area contributed by atoms with E-state index in [2.05, 4.69) is 17.0 Å². The summed E-state index contributed by atoms with van der Waals surface area (Å²) in [5, 5.41) is 0. The van der Waals surface area contributed by atoms with Gasteiger partial charge in [-0.15, -0.1) is 0 Å². The molecule has 3 fully saturated rings. The first kappa shape index (κ1) is 26.0. The number of carbonyl (C=O) groups is 1. The molecule has 1 heterocycles. The third-order valence-corrected chi connectivity index (χ3v) is 9.63. The van der Waals surface area contributed by atoms with Crippen molar-refractivity contribution in [2.24, 2.45) is 29.4 Å². The summed E-state index contributed by atoms with van der Waals surface area (Å²) in [6, 6.07) is 15.5. The molecule has 0 aromatic heterocycles. The predicted octanol–water partition coefficient (Wildman–Crippen LogP) is 4.77. The van der Waals surface area contributed by atoms with Crippen LogP contribution in [-0.4, -0.2) is 45.1 Å². The van der Waals surface area contributed by atoms with Crippen molar-refractivity contribution < 1.29 is 17.9 Å². The zero-order valence-corrected chi connectivity index (χ0v) is 22.5. The molecule has 200 valence electrons. The minimum absolute atomic E-state index is 0.0639. The highest BCUT2D eigenvalue weighted by atomic mass is 32.2. The Balaban J connectivity index is 1.15. The normalized spacial score (nSPS) is 23.2. The number of rotatable bonds is 9. The number of amides is 1. The van der Waals surface area contributed by atoms with E-state index in [0.717, 1.165) is 51.1 Å². The number of sulfonamides is 1. The first-order valence-corrected chi connectivity index (χ1v) is 15.5. The Morgan fingerprint density at radius 2 is 1.51 bits per heavy atom. The van der Waals surface area contributed by atoms with E-state index in [4.69, 9.17) is 10.5 Å². The fraction of sp³-hybridized carbons (Fsp3) is 0.552. The number of anilines is 1. The molecule has 2 aromatic carbocycles. The Labute approximate surface area is 221 Å². The molecule has 0 unspecified atom stereocenters. The van der Waals surface area contributed by atoms with Crippen molar-refractivity contribution in [2.45, 2.75) is 51.5 Å². The molecular weight excluding hydrogens is 486 g/mol. The first-order valence-electron chi connectivity index (χ1n) is 13.6. The minimum atomic E-state index is -3.35. The average Bonchev–Trinajstić information content (AvgIpc) is 3.44. The maximum atomic E-state index is 12.5. The molecule has 2 N–H and O–H groups in total. The second-order valence-corrected chi connectivity index (χ2v) is 13.2. The van der Waals surface area contributed by atoms with Crippen molar-refractivity contribution in [1.29, 1.82) is 0 Å². The topological polar surface area (TPSA) is 92.9 Å². The number of benzene rings is 2. The van der Waals surface area contributed by atoms with Gasteiger partial charge in [-0.25, -0.2) is 8.42 Å². The highest BCUT2D eigenvalue weighted by molar-refractivity contribution is 7.92. The zero-order valence-electron chi connectivity index (χ0n) is 21.7. The van der Waals surface area contributed by atoms with Gasteiger partial charge in [0.2, 0.25) is 15.9 Å². The van der Waals surface area contributed by atoms with Crippen LogP contribution in [0.1, 0.15) is 50.5 Å². The molecule has 0 spiro atoms. The van der Waals surface area contributed by atoms with E-state index in [1.807, 2.05) is 36.4 Å². The summed E-state index contributed by atoms with van der Waals surface area (Å²) in [5.41, 5.74) is 7.43. The SMILES string of the molecule is CS(=O)(=O)N(CC1CCCCC1)c1ccc(Oc2ccc(CN3C[C@H]4CC(C(N)=O)C[C@@H]4C3)cc2)cc1. The second kappa shape index (κ2) is 11.0. The van der Waals surface area contributed by atoms with E-state index in [0.29, 0.717) is 35.7 Å². The van der Waals surface area contributed by atoms with Gasteiger partial charge in [0.1, 0.15) is 11.5 Å². The molecule has 2 aliphatic carbocycles. The van der Waals surface area contributed by atoms with Gasteiger partial charge in [0, 0.05) is 32.1 Å². The van der Waals surface area contributed by atoms with Crippen LogP contribution >= 0.6 is 0 Å². The van der Waals surface area contributed by atoms with Crippen LogP contribution in [0.3, 0.4) is 0 Å². The highest BCUT2D eigenvalue weighted by Crippen LogP contribution is 2.41. The van der Waals surface area contributed by atoms with Crippen LogP contribution in [-0.2, 0) is 21.4 Å². The van der Waals surface area contributed by atoms with Crippen molar-refractivity contribution in [3.63, 3.8) is 0 Å². The summed E-state index contributed by atoms with van der Waals surface area (Å²) < 4.78 is 32.6. The smallest absolute Gasteiger partial charge is 0.232 e. The highest BCUT2D eigenvalue weighted by Gasteiger charge is 2.42. The number of nitrogens with two attached hydrogens (primary N) is 1. The van der Waals surface area contributed by atoms with Crippen LogP contribution in [0.15, 0.2) is 48.5 Å². The van der Waals surface area contributed by atoms with Gasteiger partial charge in [-0.2, -0.15) is 0 Å². The molecule has 2 saturated carbocycles. The molecule has 1 amide bonds. The van der Waals surface area contributed by atoms with Crippen molar-refractivity contribution >= 4 is 21.6 Å². The lowest BCUT2D eigenvalue weighted by atomic mass is 9.89. The molecule has 0 bridgehead atoms. The molecular formula is C29H39N3O4S. The molecule has 8 heteroatoms. The summed E-state index contributed by atoms with van der Waals surface area (Å²) in [4.78, 5) is 14.0. The summed E-state index contributed by atoms with van der Waals surface area (Å²) in [5.74, 6) is 2.95.